The van der Waals surface area contributed by atoms with Crippen LogP contribution in [0.5, 0.6) is 5.75 Å². The van der Waals surface area contributed by atoms with E-state index in [1.807, 2.05) is 0 Å². The van der Waals surface area contributed by atoms with Crippen LogP contribution >= 0.6 is 0 Å². The number of aromatic hydroxyl groups is 1. The number of aliphatic hydroxyl groups is 1. The van der Waals surface area contributed by atoms with Gasteiger partial charge >= 0.3 is 0 Å². The molecule has 1 aliphatic rings. The Morgan fingerprint density at radius 3 is 2.57 bits per heavy atom. The van der Waals surface area contributed by atoms with Crippen LogP contribution in [0.3, 0.4) is 0 Å². The van der Waals surface area contributed by atoms with Crippen LogP contribution in [0.2, 0.25) is 0 Å². The summed E-state index contributed by atoms with van der Waals surface area (Å²) in [5.41, 5.74) is 4.74. The average molecular weight is 316 g/mol. The second kappa shape index (κ2) is 7.09. The summed E-state index contributed by atoms with van der Waals surface area (Å²) in [6.45, 7) is 11.2. The van der Waals surface area contributed by atoms with Crippen molar-refractivity contribution in [3.8, 4) is 5.75 Å². The van der Waals surface area contributed by atoms with Crippen molar-refractivity contribution in [3.63, 3.8) is 0 Å². The molecule has 1 aromatic rings. The van der Waals surface area contributed by atoms with Gasteiger partial charge in [0.1, 0.15) is 5.75 Å². The monoisotopic (exact) mass is 316 g/mol. The summed E-state index contributed by atoms with van der Waals surface area (Å²) in [7, 11) is 0. The third-order valence-electron chi connectivity index (χ3n) is 5.47. The molecule has 1 aromatic carbocycles. The standard InChI is InChI=1S/C21H32O2/c1-14(2)7-6-10-21(4,5)18-9-8-15(3)20-17(18)11-16(13-22)12-19(20)23/h7,11-12,15,18,22-23H,6,8-10,13H2,1-5H3/t15?,18-/m1/s1. The molecule has 0 fully saturated rings. The molecular formula is C21H32O2. The zero-order chi connectivity index (χ0) is 17.2. The van der Waals surface area contributed by atoms with E-state index in [9.17, 15) is 10.2 Å². The van der Waals surface area contributed by atoms with Gasteiger partial charge in [-0.3, -0.25) is 0 Å². The second-order valence-corrected chi connectivity index (χ2v) is 8.12. The summed E-state index contributed by atoms with van der Waals surface area (Å²) in [5.74, 6) is 1.20. The fourth-order valence-electron chi connectivity index (χ4n) is 4.07. The van der Waals surface area contributed by atoms with Crippen LogP contribution in [0.4, 0.5) is 0 Å². The maximum Gasteiger partial charge on any atom is 0.119 e. The fourth-order valence-corrected chi connectivity index (χ4v) is 4.07. The van der Waals surface area contributed by atoms with Crippen molar-refractivity contribution in [1.29, 1.82) is 0 Å². The molecule has 0 aromatic heterocycles. The lowest BCUT2D eigenvalue weighted by atomic mass is 9.64. The first-order valence-electron chi connectivity index (χ1n) is 8.86. The molecule has 0 radical (unpaired) electrons. The molecule has 0 bridgehead atoms. The van der Waals surface area contributed by atoms with Crippen molar-refractivity contribution in [2.45, 2.75) is 78.7 Å². The maximum absolute atomic E-state index is 10.5. The molecule has 0 saturated carbocycles. The number of aliphatic hydroxyl groups excluding tert-OH is 1. The lowest BCUT2D eigenvalue weighted by Gasteiger charge is -2.41. The number of phenols is 1. The summed E-state index contributed by atoms with van der Waals surface area (Å²) in [4.78, 5) is 0. The van der Waals surface area contributed by atoms with Crippen LogP contribution in [0.15, 0.2) is 23.8 Å². The Bertz CT molecular complexity index is 580. The molecule has 23 heavy (non-hydrogen) atoms. The highest BCUT2D eigenvalue weighted by molar-refractivity contribution is 5.48. The molecule has 2 nitrogen and oxygen atoms in total. The van der Waals surface area contributed by atoms with E-state index in [4.69, 9.17) is 0 Å². The predicted octanol–water partition coefficient (Wildman–Crippen LogP) is 5.64. The number of allylic oxidation sites excluding steroid dienone is 2. The number of fused-ring (bicyclic) bond motifs is 1. The maximum atomic E-state index is 10.5. The summed E-state index contributed by atoms with van der Waals surface area (Å²) in [6, 6.07) is 3.85. The first-order chi connectivity index (χ1) is 10.8. The molecule has 0 aliphatic heterocycles. The largest absolute Gasteiger partial charge is 0.508 e. The topological polar surface area (TPSA) is 40.5 Å². The Balaban J connectivity index is 2.37. The minimum atomic E-state index is -0.0138. The van der Waals surface area contributed by atoms with Crippen LogP contribution in [0, 0.1) is 5.41 Å². The van der Waals surface area contributed by atoms with Gasteiger partial charge in [-0.15, -0.1) is 0 Å². The third kappa shape index (κ3) is 3.98. The van der Waals surface area contributed by atoms with E-state index in [0.717, 1.165) is 36.8 Å². The van der Waals surface area contributed by atoms with Crippen LogP contribution in [-0.4, -0.2) is 10.2 Å². The molecule has 2 rings (SSSR count). The van der Waals surface area contributed by atoms with Crippen molar-refractivity contribution < 1.29 is 10.2 Å². The van der Waals surface area contributed by atoms with E-state index in [-0.39, 0.29) is 12.0 Å². The van der Waals surface area contributed by atoms with Crippen LogP contribution in [0.1, 0.15) is 88.8 Å². The number of hydrogen-bond acceptors (Lipinski definition) is 2. The van der Waals surface area contributed by atoms with E-state index >= 15 is 0 Å². The third-order valence-corrected chi connectivity index (χ3v) is 5.47. The minimum absolute atomic E-state index is 0.0138. The van der Waals surface area contributed by atoms with Gasteiger partial charge in [0.15, 0.2) is 0 Å². The highest BCUT2D eigenvalue weighted by atomic mass is 16.3. The Kier molecular flexibility index (Phi) is 5.57. The number of rotatable bonds is 5. The second-order valence-electron chi connectivity index (χ2n) is 8.12. The van der Waals surface area contributed by atoms with Crippen molar-refractivity contribution in [2.24, 2.45) is 5.41 Å². The predicted molar refractivity (Wildman–Crippen MR) is 96.9 cm³/mol. The van der Waals surface area contributed by atoms with Crippen molar-refractivity contribution in [1.82, 2.24) is 0 Å². The first kappa shape index (κ1) is 18.1. The zero-order valence-corrected chi connectivity index (χ0v) is 15.3. The van der Waals surface area contributed by atoms with Gasteiger partial charge in [-0.1, -0.05) is 38.5 Å². The summed E-state index contributed by atoms with van der Waals surface area (Å²) in [5, 5.41) is 20.0. The zero-order valence-electron chi connectivity index (χ0n) is 15.3. The summed E-state index contributed by atoms with van der Waals surface area (Å²) >= 11 is 0. The first-order valence-corrected chi connectivity index (χ1v) is 8.86. The normalized spacial score (nSPS) is 21.0. The van der Waals surface area contributed by atoms with Gasteiger partial charge < -0.3 is 10.2 Å². The van der Waals surface area contributed by atoms with Gasteiger partial charge in [0.2, 0.25) is 0 Å². The number of benzene rings is 1. The lowest BCUT2D eigenvalue weighted by molar-refractivity contribution is 0.232. The molecule has 128 valence electrons. The molecule has 0 spiro atoms. The van der Waals surface area contributed by atoms with Crippen molar-refractivity contribution >= 4 is 0 Å². The Morgan fingerprint density at radius 2 is 1.96 bits per heavy atom. The van der Waals surface area contributed by atoms with Crippen molar-refractivity contribution in [3.05, 3.63) is 40.5 Å². The average Bonchev–Trinajstić information content (AvgIpc) is 2.45. The van der Waals surface area contributed by atoms with Gasteiger partial charge in [0.25, 0.3) is 0 Å². The highest BCUT2D eigenvalue weighted by Crippen LogP contribution is 2.51. The highest BCUT2D eigenvalue weighted by Gasteiger charge is 2.36. The summed E-state index contributed by atoms with van der Waals surface area (Å²) < 4.78 is 0. The molecule has 2 atom stereocenters. The van der Waals surface area contributed by atoms with E-state index < -0.39 is 0 Å². The summed E-state index contributed by atoms with van der Waals surface area (Å²) in [6.07, 6.45) is 6.83. The quantitative estimate of drug-likeness (QED) is 0.690. The molecule has 2 N–H and O–H groups in total. The molecule has 2 heteroatoms. The lowest BCUT2D eigenvalue weighted by Crippen LogP contribution is -2.27. The molecule has 0 saturated heterocycles. The van der Waals surface area contributed by atoms with Gasteiger partial charge in [-0.25, -0.2) is 0 Å². The van der Waals surface area contributed by atoms with E-state index in [0.29, 0.717) is 17.6 Å². The number of phenolic OH excluding ortho intramolecular Hbond substituents is 1. The van der Waals surface area contributed by atoms with Gasteiger partial charge in [-0.05, 0) is 74.0 Å². The van der Waals surface area contributed by atoms with Gasteiger partial charge in [0, 0.05) is 5.56 Å². The van der Waals surface area contributed by atoms with Crippen LogP contribution in [0.25, 0.3) is 0 Å². The Morgan fingerprint density at radius 1 is 1.26 bits per heavy atom. The van der Waals surface area contributed by atoms with E-state index in [1.54, 1.807) is 6.07 Å². The molecule has 1 aliphatic carbocycles. The van der Waals surface area contributed by atoms with Crippen LogP contribution < -0.4 is 0 Å². The SMILES string of the molecule is CC(C)=CCCC(C)(C)[C@@H]1CCC(C)c2c(O)cc(CO)cc21. The molecule has 1 unspecified atom stereocenters. The smallest absolute Gasteiger partial charge is 0.119 e. The molecule has 0 heterocycles. The van der Waals surface area contributed by atoms with E-state index in [1.165, 1.54) is 11.1 Å². The molecule has 0 amide bonds. The Labute approximate surface area is 141 Å². The fraction of sp³-hybridized carbons (Fsp3) is 0.619. The van der Waals surface area contributed by atoms with Crippen LogP contribution in [-0.2, 0) is 6.61 Å². The van der Waals surface area contributed by atoms with Gasteiger partial charge in [0.05, 0.1) is 6.61 Å². The Hall–Kier alpha value is -1.28. The number of hydrogen-bond donors (Lipinski definition) is 2. The minimum Gasteiger partial charge on any atom is -0.508 e. The van der Waals surface area contributed by atoms with E-state index in [2.05, 4.69) is 46.8 Å². The van der Waals surface area contributed by atoms with Crippen molar-refractivity contribution in [2.75, 3.05) is 0 Å². The van der Waals surface area contributed by atoms with Gasteiger partial charge in [-0.2, -0.15) is 0 Å². The molecular weight excluding hydrogens is 284 g/mol.